The number of carbonyl (C=O) groups is 2. The van der Waals surface area contributed by atoms with Gasteiger partial charge in [0.15, 0.2) is 5.71 Å². The molecule has 15 heteroatoms. The molecular formula is C58H77N8O6S+3. The minimum Gasteiger partial charge on any atom is -0.374 e. The maximum absolute atomic E-state index is 12.6. The Bertz CT molecular complexity index is 2860. The third kappa shape index (κ3) is 12.8. The van der Waals surface area contributed by atoms with Crippen molar-refractivity contribution >= 4 is 50.3 Å². The number of carbonyl (C=O) groups excluding carboxylic acids is 2. The summed E-state index contributed by atoms with van der Waals surface area (Å²) in [5, 5.41) is 20.0. The molecule has 3 fully saturated rings. The van der Waals surface area contributed by atoms with Crippen LogP contribution in [0.1, 0.15) is 94.0 Å². The molecule has 1 atom stereocenters. The summed E-state index contributed by atoms with van der Waals surface area (Å²) in [6.07, 6.45) is 12.9. The van der Waals surface area contributed by atoms with Crippen LogP contribution in [0.25, 0.3) is 5.57 Å². The number of fused-ring (bicyclic) bond motifs is 5. The first-order valence-electron chi connectivity index (χ1n) is 26.1. The summed E-state index contributed by atoms with van der Waals surface area (Å²) in [6, 6.07) is 28.4. The molecule has 5 aliphatic rings. The van der Waals surface area contributed by atoms with Crippen molar-refractivity contribution in [1.82, 2.24) is 15.6 Å². The first-order valence-corrected chi connectivity index (χ1v) is 27.7. The van der Waals surface area contributed by atoms with Crippen LogP contribution in [-0.2, 0) is 37.0 Å². The third-order valence-corrected chi connectivity index (χ3v) is 16.9. The maximum Gasteiger partial charge on any atom is 0.264 e. The number of rotatable bonds is 22. The fourth-order valence-corrected chi connectivity index (χ4v) is 11.8. The summed E-state index contributed by atoms with van der Waals surface area (Å²) in [7, 11) is 0.358. The number of aromatic nitrogens is 1. The predicted molar refractivity (Wildman–Crippen MR) is 291 cm³/mol. The zero-order chi connectivity index (χ0) is 52.0. The van der Waals surface area contributed by atoms with E-state index in [-0.39, 0.29) is 35.9 Å². The molecule has 3 saturated heterocycles. The number of quaternary nitrogens is 2. The van der Waals surface area contributed by atoms with E-state index in [1.807, 2.05) is 42.5 Å². The highest BCUT2D eigenvalue weighted by molar-refractivity contribution is 7.85. The van der Waals surface area contributed by atoms with E-state index in [0.717, 1.165) is 58.9 Å². The number of nitrogens with one attached hydrogen (secondary N) is 3. The Morgan fingerprint density at radius 2 is 1.55 bits per heavy atom. The maximum atomic E-state index is 12.6. The molecule has 4 aromatic rings. The highest BCUT2D eigenvalue weighted by atomic mass is 32.2. The van der Waals surface area contributed by atoms with Crippen molar-refractivity contribution in [2.24, 2.45) is 0 Å². The van der Waals surface area contributed by atoms with Gasteiger partial charge in [0, 0.05) is 76.9 Å². The Balaban J connectivity index is 0.832. The Morgan fingerprint density at radius 1 is 0.849 bits per heavy atom. The van der Waals surface area contributed by atoms with Crippen LogP contribution >= 0.6 is 0 Å². The van der Waals surface area contributed by atoms with Gasteiger partial charge in [0.25, 0.3) is 10.1 Å². The number of amides is 2. The van der Waals surface area contributed by atoms with Crippen molar-refractivity contribution < 1.29 is 41.2 Å². The van der Waals surface area contributed by atoms with Crippen LogP contribution in [0.5, 0.6) is 0 Å². The largest absolute Gasteiger partial charge is 0.374 e. The number of allylic oxidation sites excluding steroid dienone is 6. The van der Waals surface area contributed by atoms with Crippen molar-refractivity contribution in [3.05, 3.63) is 149 Å². The first-order chi connectivity index (χ1) is 34.8. The van der Waals surface area contributed by atoms with Gasteiger partial charge < -0.3 is 29.6 Å². The molecule has 73 heavy (non-hydrogen) atoms. The Labute approximate surface area is 433 Å². The number of nitrogens with zero attached hydrogens (tertiary/aromatic N) is 5. The minimum atomic E-state index is -4.12. The molecule has 6 heterocycles. The lowest BCUT2D eigenvalue weighted by molar-refractivity contribution is -1.07. The molecule has 1 unspecified atom stereocenters. The SMILES string of the molecule is C[N+]1=C(C=CC(=CC=C2N(CCCS(=O)(=O)O)c3ccccc3C2(C)C)c2ccc(C(O)NCCCCCC(=O)NCC(=O)Nc3ccc(CC[N+]45CC[N+](C)(CC4)CC5)cc3)cn2)C(C)(C)c2ccccc21. The van der Waals surface area contributed by atoms with Crippen molar-refractivity contribution in [2.75, 3.05) is 95.5 Å². The predicted octanol–water partition coefficient (Wildman–Crippen LogP) is 7.42. The number of unbranched alkanes of at least 4 members (excludes halogenated alkanes) is 2. The molecule has 0 aliphatic carbocycles. The lowest BCUT2D eigenvalue weighted by Gasteiger charge is -2.54. The molecule has 1 aromatic heterocycles. The minimum absolute atomic E-state index is 0.0821. The fourth-order valence-electron chi connectivity index (χ4n) is 11.3. The molecule has 388 valence electrons. The van der Waals surface area contributed by atoms with E-state index in [9.17, 15) is 27.7 Å². The number of pyridine rings is 1. The van der Waals surface area contributed by atoms with Crippen molar-refractivity contribution in [3.63, 3.8) is 0 Å². The van der Waals surface area contributed by atoms with Gasteiger partial charge in [-0.15, -0.1) is 0 Å². The van der Waals surface area contributed by atoms with Crippen LogP contribution in [0.15, 0.2) is 121 Å². The molecule has 3 aromatic carbocycles. The fraction of sp³-hybridized carbons (Fsp3) is 0.448. The van der Waals surface area contributed by atoms with Gasteiger partial charge >= 0.3 is 0 Å². The number of likely N-dealkylation sites (N-methyl/N-ethyl adjacent to an activating group) is 1. The van der Waals surface area contributed by atoms with Gasteiger partial charge in [-0.25, -0.2) is 0 Å². The van der Waals surface area contributed by atoms with Crippen LogP contribution in [-0.4, -0.2) is 139 Å². The molecule has 9 rings (SSSR count). The lowest BCUT2D eigenvalue weighted by Crippen LogP contribution is -2.73. The topological polar surface area (TPSA) is 164 Å². The summed E-state index contributed by atoms with van der Waals surface area (Å²) in [6.45, 7) is 18.5. The second-order valence-corrected chi connectivity index (χ2v) is 23.5. The van der Waals surface area contributed by atoms with E-state index in [0.29, 0.717) is 37.2 Å². The standard InChI is InChI=1S/C58H74N8O6S/c1-57(2)47-15-9-11-17-50(47)63(5)52(57)28-23-44(24-29-53-58(3,4)48-16-10-12-18-51(48)64(53)32-14-40-73(70,71)72)49-27-22-45(41-60-49)56(69)59-31-13-7-8-19-54(67)61-42-55(68)62-46-25-20-43(21-26-46)30-33-66-37-34-65(6,35-38-66)36-39-66/h9-12,15-18,20-29,41,56,59,69H,7-8,13-14,19,30-40,42H2,1-6H3/p+3. The van der Waals surface area contributed by atoms with Crippen LogP contribution in [0.4, 0.5) is 17.1 Å². The summed E-state index contributed by atoms with van der Waals surface area (Å²) in [5.74, 6) is -0.754. The van der Waals surface area contributed by atoms with Crippen LogP contribution in [0, 0.1) is 0 Å². The molecule has 0 spiro atoms. The Kier molecular flexibility index (Phi) is 16.4. The molecule has 2 bridgehead atoms. The summed E-state index contributed by atoms with van der Waals surface area (Å²) in [4.78, 5) is 32.2. The summed E-state index contributed by atoms with van der Waals surface area (Å²) >= 11 is 0. The van der Waals surface area contributed by atoms with E-state index in [2.05, 4.69) is 134 Å². The number of piperazine rings is 3. The quantitative estimate of drug-likeness (QED) is 0.0135. The number of hydrogen-bond acceptors (Lipinski definition) is 8. The van der Waals surface area contributed by atoms with Crippen LogP contribution in [0.3, 0.4) is 0 Å². The van der Waals surface area contributed by atoms with Gasteiger partial charge in [-0.05, 0) is 87.2 Å². The molecule has 5 N–H and O–H groups in total. The average Bonchev–Trinajstić information content (AvgIpc) is 3.71. The number of aliphatic hydroxyl groups excluding tert-OH is 1. The third-order valence-electron chi connectivity index (χ3n) is 16.1. The zero-order valence-electron chi connectivity index (χ0n) is 43.7. The average molecular weight is 1010 g/mol. The normalized spacial score (nSPS) is 21.9. The molecular weight excluding hydrogens is 937 g/mol. The van der Waals surface area contributed by atoms with E-state index in [1.165, 1.54) is 65.9 Å². The summed E-state index contributed by atoms with van der Waals surface area (Å²) in [5.41, 5.74) is 10.2. The molecule has 5 aliphatic heterocycles. The van der Waals surface area contributed by atoms with E-state index >= 15 is 0 Å². The van der Waals surface area contributed by atoms with E-state index < -0.39 is 21.8 Å². The van der Waals surface area contributed by atoms with Gasteiger partial charge in [-0.3, -0.25) is 24.4 Å². The van der Waals surface area contributed by atoms with E-state index in [1.54, 1.807) is 6.20 Å². The highest BCUT2D eigenvalue weighted by Crippen LogP contribution is 2.48. The number of aliphatic hydroxyl groups is 1. The van der Waals surface area contributed by atoms with E-state index in [4.69, 9.17) is 4.98 Å². The van der Waals surface area contributed by atoms with Gasteiger partial charge in [0.05, 0.1) is 37.0 Å². The van der Waals surface area contributed by atoms with Crippen LogP contribution < -0.4 is 20.9 Å². The molecule has 2 amide bonds. The number of para-hydroxylation sites is 2. The van der Waals surface area contributed by atoms with Gasteiger partial charge in [-0.1, -0.05) is 80.9 Å². The lowest BCUT2D eigenvalue weighted by atomic mass is 9.81. The molecule has 0 saturated carbocycles. The Hall–Kier alpha value is -5.81. The van der Waals surface area contributed by atoms with Crippen molar-refractivity contribution in [1.29, 1.82) is 0 Å². The highest BCUT2D eigenvalue weighted by Gasteiger charge is 2.46. The van der Waals surface area contributed by atoms with Gasteiger partial charge in [0.1, 0.15) is 52.5 Å². The number of benzene rings is 3. The van der Waals surface area contributed by atoms with Crippen LogP contribution in [0.2, 0.25) is 0 Å². The first kappa shape index (κ1) is 53.5. The second kappa shape index (κ2) is 22.3. The van der Waals surface area contributed by atoms with Crippen molar-refractivity contribution in [2.45, 2.75) is 83.3 Å². The molecule has 14 nitrogen and oxygen atoms in total. The second-order valence-electron chi connectivity index (χ2n) is 22.0. The number of hydrogen-bond donors (Lipinski definition) is 5. The smallest absolute Gasteiger partial charge is 0.264 e. The monoisotopic (exact) mass is 1010 g/mol. The zero-order valence-corrected chi connectivity index (χ0v) is 44.6. The Morgan fingerprint density at radius 3 is 2.23 bits per heavy atom. The molecule has 0 radical (unpaired) electrons. The van der Waals surface area contributed by atoms with Gasteiger partial charge in [0.2, 0.25) is 17.5 Å². The summed E-state index contributed by atoms with van der Waals surface area (Å²) < 4.78 is 37.6. The van der Waals surface area contributed by atoms with Gasteiger partial charge in [-0.2, -0.15) is 13.0 Å². The van der Waals surface area contributed by atoms with Crippen molar-refractivity contribution in [3.8, 4) is 0 Å². The number of anilines is 2.